The van der Waals surface area contributed by atoms with Crippen molar-refractivity contribution in [3.63, 3.8) is 0 Å². The molecule has 0 aliphatic heterocycles. The van der Waals surface area contributed by atoms with E-state index in [0.29, 0.717) is 5.41 Å². The summed E-state index contributed by atoms with van der Waals surface area (Å²) < 4.78 is 13.2. The molecule has 0 amide bonds. The Morgan fingerprint density at radius 1 is 1.58 bits per heavy atom. The number of nitrogens with two attached hydrogens (primary N) is 1. The molecule has 1 fully saturated rings. The van der Waals surface area contributed by atoms with Gasteiger partial charge in [-0.2, -0.15) is 0 Å². The Morgan fingerprint density at radius 3 is 2.75 bits per heavy atom. The Balaban J connectivity index is 2.46. The zero-order valence-corrected chi connectivity index (χ0v) is 8.15. The normalized spacial score (nSPS) is 31.5. The van der Waals surface area contributed by atoms with Crippen LogP contribution in [-0.2, 0) is 0 Å². The summed E-state index contributed by atoms with van der Waals surface area (Å²) in [4.78, 5) is 0. The number of halogens is 1. The highest BCUT2D eigenvalue weighted by Gasteiger charge is 2.31. The van der Waals surface area contributed by atoms with Gasteiger partial charge in [-0.3, -0.25) is 0 Å². The number of hydrogen-bond acceptors (Lipinski definition) is 1. The van der Waals surface area contributed by atoms with E-state index in [-0.39, 0.29) is 12.5 Å². The van der Waals surface area contributed by atoms with E-state index in [1.165, 1.54) is 6.42 Å². The van der Waals surface area contributed by atoms with Gasteiger partial charge in [0.25, 0.3) is 0 Å². The van der Waals surface area contributed by atoms with Gasteiger partial charge in [0.2, 0.25) is 0 Å². The van der Waals surface area contributed by atoms with Crippen LogP contribution in [0, 0.1) is 11.3 Å². The first-order valence-electron chi connectivity index (χ1n) is 4.89. The second kappa shape index (κ2) is 3.73. The molecule has 0 aromatic heterocycles. The van der Waals surface area contributed by atoms with Crippen LogP contribution in [0.3, 0.4) is 0 Å². The molecule has 0 aromatic carbocycles. The average molecular weight is 173 g/mol. The van der Waals surface area contributed by atoms with Crippen LogP contribution in [0.15, 0.2) is 0 Å². The van der Waals surface area contributed by atoms with Crippen LogP contribution in [0.5, 0.6) is 0 Å². The molecule has 2 unspecified atom stereocenters. The lowest BCUT2D eigenvalue weighted by Crippen LogP contribution is -2.32. The molecule has 0 saturated heterocycles. The van der Waals surface area contributed by atoms with Crippen LogP contribution in [0.25, 0.3) is 0 Å². The monoisotopic (exact) mass is 173 g/mol. The summed E-state index contributed by atoms with van der Waals surface area (Å²) in [6.07, 6.45) is 3.66. The van der Waals surface area contributed by atoms with Crippen LogP contribution in [0.1, 0.15) is 39.5 Å². The predicted molar refractivity (Wildman–Crippen MR) is 49.7 cm³/mol. The van der Waals surface area contributed by atoms with Gasteiger partial charge in [-0.15, -0.1) is 0 Å². The summed E-state index contributed by atoms with van der Waals surface area (Å²) in [5.41, 5.74) is 5.65. The van der Waals surface area contributed by atoms with Gasteiger partial charge in [-0.05, 0) is 30.6 Å². The smallest absolute Gasteiger partial charge is 0.115 e. The molecule has 0 bridgehead atoms. The summed E-state index contributed by atoms with van der Waals surface area (Å²) in [7, 11) is 0. The molecule has 1 rings (SSSR count). The van der Waals surface area contributed by atoms with E-state index >= 15 is 0 Å². The summed E-state index contributed by atoms with van der Waals surface area (Å²) in [5.74, 6) is 0.221. The van der Waals surface area contributed by atoms with Crippen molar-refractivity contribution < 1.29 is 4.39 Å². The number of alkyl halides is 1. The van der Waals surface area contributed by atoms with Crippen molar-refractivity contribution in [2.24, 2.45) is 17.1 Å². The van der Waals surface area contributed by atoms with E-state index in [0.717, 1.165) is 19.3 Å². The quantitative estimate of drug-likeness (QED) is 0.682. The summed E-state index contributed by atoms with van der Waals surface area (Å²) in [5, 5.41) is 0. The molecule has 1 aliphatic carbocycles. The Morgan fingerprint density at radius 2 is 2.25 bits per heavy atom. The van der Waals surface area contributed by atoms with Crippen molar-refractivity contribution in [3.05, 3.63) is 0 Å². The first-order valence-corrected chi connectivity index (χ1v) is 4.89. The molecule has 1 saturated carbocycles. The van der Waals surface area contributed by atoms with Gasteiger partial charge in [0.15, 0.2) is 0 Å². The van der Waals surface area contributed by atoms with Gasteiger partial charge in [-0.25, -0.2) is 4.39 Å². The SMILES string of the molecule is CC1(C)CCCC(C(F)CN)C1. The summed E-state index contributed by atoms with van der Waals surface area (Å²) in [6.45, 7) is 4.64. The minimum absolute atomic E-state index is 0.195. The van der Waals surface area contributed by atoms with E-state index in [1.54, 1.807) is 0 Å². The molecule has 2 atom stereocenters. The molecule has 0 radical (unpaired) electrons. The van der Waals surface area contributed by atoms with Crippen molar-refractivity contribution in [2.75, 3.05) is 6.54 Å². The van der Waals surface area contributed by atoms with E-state index in [4.69, 9.17) is 5.73 Å². The van der Waals surface area contributed by atoms with Gasteiger partial charge < -0.3 is 5.73 Å². The fourth-order valence-corrected chi connectivity index (χ4v) is 2.26. The molecule has 0 aromatic rings. The average Bonchev–Trinajstić information content (AvgIpc) is 2.01. The van der Waals surface area contributed by atoms with E-state index in [2.05, 4.69) is 13.8 Å². The highest BCUT2D eigenvalue weighted by molar-refractivity contribution is 4.83. The first-order chi connectivity index (χ1) is 5.55. The molecule has 2 heteroatoms. The third-order valence-corrected chi connectivity index (χ3v) is 2.98. The second-order valence-electron chi connectivity index (χ2n) is 4.77. The van der Waals surface area contributed by atoms with Gasteiger partial charge in [-0.1, -0.05) is 20.3 Å². The van der Waals surface area contributed by atoms with Crippen molar-refractivity contribution >= 4 is 0 Å². The molecule has 72 valence electrons. The highest BCUT2D eigenvalue weighted by Crippen LogP contribution is 2.40. The maximum atomic E-state index is 13.2. The van der Waals surface area contributed by atoms with Gasteiger partial charge in [0.1, 0.15) is 6.17 Å². The molecule has 12 heavy (non-hydrogen) atoms. The van der Waals surface area contributed by atoms with E-state index < -0.39 is 6.17 Å². The lowest BCUT2D eigenvalue weighted by molar-refractivity contribution is 0.110. The van der Waals surface area contributed by atoms with Gasteiger partial charge >= 0.3 is 0 Å². The van der Waals surface area contributed by atoms with Crippen LogP contribution < -0.4 is 5.73 Å². The largest absolute Gasteiger partial charge is 0.328 e. The van der Waals surface area contributed by atoms with Crippen LogP contribution in [0.4, 0.5) is 4.39 Å². The van der Waals surface area contributed by atoms with E-state index in [9.17, 15) is 4.39 Å². The maximum Gasteiger partial charge on any atom is 0.115 e. The number of rotatable bonds is 2. The maximum absolute atomic E-state index is 13.2. The fraction of sp³-hybridized carbons (Fsp3) is 1.00. The lowest BCUT2D eigenvalue weighted by atomic mass is 9.71. The minimum atomic E-state index is -0.774. The van der Waals surface area contributed by atoms with Crippen LogP contribution >= 0.6 is 0 Å². The summed E-state index contributed by atoms with van der Waals surface area (Å²) >= 11 is 0. The lowest BCUT2D eigenvalue weighted by Gasteiger charge is -2.36. The molecule has 2 N–H and O–H groups in total. The second-order valence-corrected chi connectivity index (χ2v) is 4.77. The third-order valence-electron chi connectivity index (χ3n) is 2.98. The number of hydrogen-bond donors (Lipinski definition) is 1. The molecule has 0 heterocycles. The van der Waals surface area contributed by atoms with Crippen LogP contribution in [0.2, 0.25) is 0 Å². The highest BCUT2D eigenvalue weighted by atomic mass is 19.1. The first kappa shape index (κ1) is 9.97. The van der Waals surface area contributed by atoms with Crippen molar-refractivity contribution in [2.45, 2.75) is 45.7 Å². The summed E-state index contributed by atoms with van der Waals surface area (Å²) in [6, 6.07) is 0. The Labute approximate surface area is 74.5 Å². The Hall–Kier alpha value is -0.110. The molecular formula is C10H20FN. The molecular weight excluding hydrogens is 153 g/mol. The Kier molecular flexibility index (Phi) is 3.10. The molecule has 0 spiro atoms. The van der Waals surface area contributed by atoms with E-state index in [1.807, 2.05) is 0 Å². The zero-order chi connectivity index (χ0) is 9.19. The fourth-order valence-electron chi connectivity index (χ4n) is 2.26. The standard InChI is InChI=1S/C10H20FN/c1-10(2)5-3-4-8(6-10)9(11)7-12/h8-9H,3-7,12H2,1-2H3. The minimum Gasteiger partial charge on any atom is -0.328 e. The van der Waals surface area contributed by atoms with Gasteiger partial charge in [0, 0.05) is 6.54 Å². The van der Waals surface area contributed by atoms with Crippen LogP contribution in [-0.4, -0.2) is 12.7 Å². The van der Waals surface area contributed by atoms with Crippen molar-refractivity contribution in [3.8, 4) is 0 Å². The predicted octanol–water partition coefficient (Wildman–Crippen LogP) is 2.50. The zero-order valence-electron chi connectivity index (χ0n) is 8.15. The molecule has 1 aliphatic rings. The van der Waals surface area contributed by atoms with Crippen molar-refractivity contribution in [1.82, 2.24) is 0 Å². The van der Waals surface area contributed by atoms with Gasteiger partial charge in [0.05, 0.1) is 0 Å². The third kappa shape index (κ3) is 2.44. The molecule has 1 nitrogen and oxygen atoms in total. The topological polar surface area (TPSA) is 26.0 Å². The Bertz CT molecular complexity index is 145. The van der Waals surface area contributed by atoms with Crippen molar-refractivity contribution in [1.29, 1.82) is 0 Å².